The van der Waals surface area contributed by atoms with E-state index in [2.05, 4.69) is 25.6 Å². The first-order chi connectivity index (χ1) is 11.7. The van der Waals surface area contributed by atoms with Gasteiger partial charge in [-0.3, -0.25) is 4.98 Å². The van der Waals surface area contributed by atoms with Crippen molar-refractivity contribution in [2.24, 2.45) is 0 Å². The third-order valence-electron chi connectivity index (χ3n) is 3.41. The van der Waals surface area contributed by atoms with E-state index < -0.39 is 0 Å². The van der Waals surface area contributed by atoms with Crippen LogP contribution in [0.1, 0.15) is 16.8 Å². The van der Waals surface area contributed by atoms with Gasteiger partial charge in [0, 0.05) is 37.2 Å². The number of benzene rings is 1. The van der Waals surface area contributed by atoms with Crippen molar-refractivity contribution in [3.05, 3.63) is 77.5 Å². The van der Waals surface area contributed by atoms with Gasteiger partial charge in [-0.05, 0) is 36.2 Å². The summed E-state index contributed by atoms with van der Waals surface area (Å²) in [5, 5.41) is 6.43. The molecule has 0 aliphatic heterocycles. The lowest BCUT2D eigenvalue weighted by Gasteiger charge is -2.10. The first kappa shape index (κ1) is 15.9. The van der Waals surface area contributed by atoms with Crippen LogP contribution in [-0.2, 0) is 13.1 Å². The van der Waals surface area contributed by atoms with Gasteiger partial charge in [0.25, 0.3) is 0 Å². The average molecular weight is 323 g/mol. The molecule has 2 aromatic heterocycles. The highest BCUT2D eigenvalue weighted by Gasteiger charge is 2.03. The van der Waals surface area contributed by atoms with Crippen molar-refractivity contribution >= 4 is 11.8 Å². The molecule has 3 aromatic rings. The lowest BCUT2D eigenvalue weighted by atomic mass is 10.2. The maximum Gasteiger partial charge on any atom is 0.225 e. The molecule has 0 aliphatic carbocycles. The zero-order chi connectivity index (χ0) is 16.8. The molecule has 6 heteroatoms. The molecule has 2 heterocycles. The minimum absolute atomic E-state index is 0.237. The van der Waals surface area contributed by atoms with Gasteiger partial charge in [0.15, 0.2) is 0 Å². The molecule has 0 aliphatic rings. The first-order valence-electron chi connectivity index (χ1n) is 7.66. The maximum absolute atomic E-state index is 12.9. The van der Waals surface area contributed by atoms with Gasteiger partial charge in [-0.2, -0.15) is 4.98 Å². The Kier molecular flexibility index (Phi) is 4.96. The van der Waals surface area contributed by atoms with Crippen molar-refractivity contribution in [3.63, 3.8) is 0 Å². The Labute approximate surface area is 140 Å². The van der Waals surface area contributed by atoms with Gasteiger partial charge >= 0.3 is 0 Å². The van der Waals surface area contributed by atoms with E-state index in [1.54, 1.807) is 24.5 Å². The largest absolute Gasteiger partial charge is 0.366 e. The second-order valence-electron chi connectivity index (χ2n) is 5.41. The molecular weight excluding hydrogens is 305 g/mol. The fourth-order valence-electron chi connectivity index (χ4n) is 2.22. The highest BCUT2D eigenvalue weighted by molar-refractivity contribution is 5.43. The highest BCUT2D eigenvalue weighted by Crippen LogP contribution is 2.12. The summed E-state index contributed by atoms with van der Waals surface area (Å²) in [5.74, 6) is 1.04. The normalized spacial score (nSPS) is 10.4. The van der Waals surface area contributed by atoms with E-state index in [-0.39, 0.29) is 5.82 Å². The molecule has 3 rings (SSSR count). The van der Waals surface area contributed by atoms with E-state index in [1.807, 2.05) is 25.1 Å². The SMILES string of the molecule is Cc1cc(NCc2ccc(F)cc2)nc(NCc2cccnc2)n1. The van der Waals surface area contributed by atoms with Crippen LogP contribution in [0.3, 0.4) is 0 Å². The number of pyridine rings is 1. The third-order valence-corrected chi connectivity index (χ3v) is 3.41. The quantitative estimate of drug-likeness (QED) is 0.726. The van der Waals surface area contributed by atoms with E-state index in [0.717, 1.165) is 22.6 Å². The number of aromatic nitrogens is 3. The average Bonchev–Trinajstić information content (AvgIpc) is 2.60. The van der Waals surface area contributed by atoms with Gasteiger partial charge in [0.1, 0.15) is 11.6 Å². The number of nitrogens with zero attached hydrogens (tertiary/aromatic N) is 3. The van der Waals surface area contributed by atoms with Crippen LogP contribution in [-0.4, -0.2) is 15.0 Å². The summed E-state index contributed by atoms with van der Waals surface area (Å²) in [7, 11) is 0. The van der Waals surface area contributed by atoms with E-state index in [0.29, 0.717) is 19.0 Å². The van der Waals surface area contributed by atoms with Crippen LogP contribution < -0.4 is 10.6 Å². The zero-order valence-electron chi connectivity index (χ0n) is 13.3. The number of aryl methyl sites for hydroxylation is 1. The second-order valence-corrected chi connectivity index (χ2v) is 5.41. The molecule has 0 saturated carbocycles. The molecule has 1 aromatic carbocycles. The number of hydrogen-bond acceptors (Lipinski definition) is 5. The Morgan fingerprint density at radius 3 is 2.50 bits per heavy atom. The van der Waals surface area contributed by atoms with Crippen molar-refractivity contribution < 1.29 is 4.39 Å². The van der Waals surface area contributed by atoms with E-state index in [4.69, 9.17) is 0 Å². The smallest absolute Gasteiger partial charge is 0.225 e. The fourth-order valence-corrected chi connectivity index (χ4v) is 2.22. The molecule has 24 heavy (non-hydrogen) atoms. The summed E-state index contributed by atoms with van der Waals surface area (Å²) in [5.41, 5.74) is 2.90. The molecule has 0 bridgehead atoms. The summed E-state index contributed by atoms with van der Waals surface area (Å²) < 4.78 is 12.9. The maximum atomic E-state index is 12.9. The fraction of sp³-hybridized carbons (Fsp3) is 0.167. The van der Waals surface area contributed by atoms with Crippen LogP contribution in [0.2, 0.25) is 0 Å². The molecule has 0 unspecified atom stereocenters. The van der Waals surface area contributed by atoms with Crippen LogP contribution in [0.4, 0.5) is 16.2 Å². The molecule has 122 valence electrons. The molecule has 5 nitrogen and oxygen atoms in total. The topological polar surface area (TPSA) is 62.7 Å². The molecule has 0 amide bonds. The molecule has 0 atom stereocenters. The molecule has 2 N–H and O–H groups in total. The van der Waals surface area contributed by atoms with E-state index in [1.165, 1.54) is 12.1 Å². The van der Waals surface area contributed by atoms with E-state index in [9.17, 15) is 4.39 Å². The summed E-state index contributed by atoms with van der Waals surface area (Å²) in [6.45, 7) is 3.09. The number of nitrogens with one attached hydrogen (secondary N) is 2. The first-order valence-corrected chi connectivity index (χ1v) is 7.66. The van der Waals surface area contributed by atoms with Crippen LogP contribution in [0.25, 0.3) is 0 Å². The van der Waals surface area contributed by atoms with Gasteiger partial charge < -0.3 is 10.6 Å². The molecule has 0 fully saturated rings. The van der Waals surface area contributed by atoms with Crippen molar-refractivity contribution in [3.8, 4) is 0 Å². The number of rotatable bonds is 6. The lowest BCUT2D eigenvalue weighted by Crippen LogP contribution is -2.08. The van der Waals surface area contributed by atoms with Gasteiger partial charge in [0.05, 0.1) is 0 Å². The number of halogens is 1. The molecule has 0 spiro atoms. The van der Waals surface area contributed by atoms with Crippen LogP contribution in [0, 0.1) is 12.7 Å². The number of hydrogen-bond donors (Lipinski definition) is 2. The Morgan fingerprint density at radius 2 is 1.75 bits per heavy atom. The molecular formula is C18H18FN5. The Morgan fingerprint density at radius 1 is 0.958 bits per heavy atom. The minimum Gasteiger partial charge on any atom is -0.366 e. The third kappa shape index (κ3) is 4.49. The summed E-state index contributed by atoms with van der Waals surface area (Å²) in [6, 6.07) is 12.1. The second kappa shape index (κ2) is 7.50. The Hall–Kier alpha value is -3.02. The van der Waals surface area contributed by atoms with Crippen molar-refractivity contribution in [1.29, 1.82) is 0 Å². The van der Waals surface area contributed by atoms with Crippen molar-refractivity contribution in [1.82, 2.24) is 15.0 Å². The molecule has 0 radical (unpaired) electrons. The Balaban J connectivity index is 1.63. The predicted octanol–water partition coefficient (Wildman–Crippen LogP) is 3.54. The van der Waals surface area contributed by atoms with E-state index >= 15 is 0 Å². The van der Waals surface area contributed by atoms with Gasteiger partial charge in [0.2, 0.25) is 5.95 Å². The lowest BCUT2D eigenvalue weighted by molar-refractivity contribution is 0.627. The summed E-state index contributed by atoms with van der Waals surface area (Å²) in [6.07, 6.45) is 3.54. The van der Waals surface area contributed by atoms with Gasteiger partial charge in [-0.25, -0.2) is 9.37 Å². The van der Waals surface area contributed by atoms with Crippen LogP contribution in [0.15, 0.2) is 54.9 Å². The zero-order valence-corrected chi connectivity index (χ0v) is 13.3. The number of anilines is 2. The van der Waals surface area contributed by atoms with Crippen molar-refractivity contribution in [2.45, 2.75) is 20.0 Å². The predicted molar refractivity (Wildman–Crippen MR) is 92.1 cm³/mol. The monoisotopic (exact) mass is 323 g/mol. The standard InChI is InChI=1S/C18H18FN5/c1-13-9-17(21-11-14-4-6-16(19)7-5-14)24-18(23-13)22-12-15-3-2-8-20-10-15/h2-10H,11-12H2,1H3,(H2,21,22,23,24). The van der Waals surface area contributed by atoms with Crippen molar-refractivity contribution in [2.75, 3.05) is 10.6 Å². The van der Waals surface area contributed by atoms with Gasteiger partial charge in [-0.1, -0.05) is 18.2 Å². The van der Waals surface area contributed by atoms with Crippen LogP contribution >= 0.6 is 0 Å². The summed E-state index contributed by atoms with van der Waals surface area (Å²) in [4.78, 5) is 12.9. The highest BCUT2D eigenvalue weighted by atomic mass is 19.1. The van der Waals surface area contributed by atoms with Crippen LogP contribution in [0.5, 0.6) is 0 Å². The molecule has 0 saturated heterocycles. The van der Waals surface area contributed by atoms with Gasteiger partial charge in [-0.15, -0.1) is 0 Å². The Bertz CT molecular complexity index is 790. The summed E-state index contributed by atoms with van der Waals surface area (Å²) >= 11 is 0. The minimum atomic E-state index is -0.237.